The van der Waals surface area contributed by atoms with E-state index in [0.717, 1.165) is 6.42 Å². The van der Waals surface area contributed by atoms with Gasteiger partial charge in [0.05, 0.1) is 27.0 Å². The largest absolute Gasteiger partial charge is 0.335 e. The molecule has 0 spiro atoms. The van der Waals surface area contributed by atoms with E-state index in [9.17, 15) is 0 Å². The molecule has 2 atom stereocenters. The fourth-order valence-electron chi connectivity index (χ4n) is 16.8. The van der Waals surface area contributed by atoms with E-state index in [-0.39, 0.29) is 44.7 Å². The van der Waals surface area contributed by atoms with Crippen molar-refractivity contribution in [1.29, 1.82) is 0 Å². The molecule has 1 fully saturated rings. The Morgan fingerprint density at radius 2 is 1.13 bits per heavy atom. The SMILES string of the molecule is Cc1ccccc1-c1cc2c3c(c1)C1(C)CCCCC1(C)N3c1cc(N(c3ccc4c(c3)C(C)(C)CCC4(C)C)c3ccc4c(c3)C(C)(C)CCC4(C)C)cc3c1B2c1cc(C(C)(C)C)cc2c4sc5ccccc5c4n-3c12. The molecule has 78 heavy (non-hydrogen) atoms. The van der Waals surface area contributed by atoms with Crippen LogP contribution < -0.4 is 26.2 Å². The van der Waals surface area contributed by atoms with Crippen molar-refractivity contribution in [3.8, 4) is 16.8 Å². The highest BCUT2D eigenvalue weighted by Gasteiger charge is 2.61. The molecule has 3 aliphatic carbocycles. The summed E-state index contributed by atoms with van der Waals surface area (Å²) >= 11 is 1.99. The van der Waals surface area contributed by atoms with E-state index in [2.05, 4.69) is 233 Å². The van der Waals surface area contributed by atoms with Crippen molar-refractivity contribution in [3.63, 3.8) is 0 Å². The third kappa shape index (κ3) is 6.40. The second-order valence-electron chi connectivity index (χ2n) is 29.4. The molecule has 7 aromatic carbocycles. The van der Waals surface area contributed by atoms with Gasteiger partial charge in [0.15, 0.2) is 0 Å². The maximum atomic E-state index is 2.97. The number of hydrogen-bond donors (Lipinski definition) is 0. The van der Waals surface area contributed by atoms with Gasteiger partial charge in [-0.15, -0.1) is 11.3 Å². The van der Waals surface area contributed by atoms with Crippen LogP contribution in [0.2, 0.25) is 0 Å². The summed E-state index contributed by atoms with van der Waals surface area (Å²) in [5.41, 5.74) is 28.1. The molecule has 0 amide bonds. The summed E-state index contributed by atoms with van der Waals surface area (Å²) in [5.74, 6) is 0. The molecule has 9 aromatic rings. The van der Waals surface area contributed by atoms with Gasteiger partial charge >= 0.3 is 0 Å². The molecule has 1 saturated carbocycles. The Morgan fingerprint density at radius 1 is 0.526 bits per heavy atom. The molecule has 15 rings (SSSR count). The maximum Gasteiger partial charge on any atom is 0.252 e. The molecule has 3 nitrogen and oxygen atoms in total. The topological polar surface area (TPSA) is 11.4 Å². The first-order valence-electron chi connectivity index (χ1n) is 29.8. The van der Waals surface area contributed by atoms with Crippen LogP contribution in [0.5, 0.6) is 0 Å². The molecule has 3 aliphatic heterocycles. The molecule has 6 aliphatic rings. The van der Waals surface area contributed by atoms with Gasteiger partial charge in [0.2, 0.25) is 0 Å². The number of hydrogen-bond acceptors (Lipinski definition) is 3. The summed E-state index contributed by atoms with van der Waals surface area (Å²) in [4.78, 5) is 5.68. The highest BCUT2D eigenvalue weighted by Crippen LogP contribution is 2.63. The molecule has 394 valence electrons. The summed E-state index contributed by atoms with van der Waals surface area (Å²) in [6.07, 6.45) is 9.54. The minimum Gasteiger partial charge on any atom is -0.335 e. The van der Waals surface area contributed by atoms with Crippen LogP contribution in [0.1, 0.15) is 180 Å². The summed E-state index contributed by atoms with van der Waals surface area (Å²) in [6, 6.07) is 49.6. The van der Waals surface area contributed by atoms with Crippen LogP contribution in [0.3, 0.4) is 0 Å². The van der Waals surface area contributed by atoms with E-state index in [1.54, 1.807) is 5.56 Å². The number of thiophene rings is 1. The Bertz CT molecular complexity index is 4030. The highest BCUT2D eigenvalue weighted by atomic mass is 32.1. The molecular formula is C73H78BN3S. The number of benzene rings is 7. The summed E-state index contributed by atoms with van der Waals surface area (Å²) < 4.78 is 5.54. The van der Waals surface area contributed by atoms with Crippen molar-refractivity contribution in [2.45, 2.75) is 186 Å². The molecular weight excluding hydrogens is 962 g/mol. The molecule has 0 saturated heterocycles. The van der Waals surface area contributed by atoms with Crippen LogP contribution in [0.4, 0.5) is 28.4 Å². The van der Waals surface area contributed by atoms with Gasteiger partial charge in [-0.3, -0.25) is 0 Å². The molecule has 2 unspecified atom stereocenters. The van der Waals surface area contributed by atoms with Crippen molar-refractivity contribution in [2.75, 3.05) is 9.80 Å². The van der Waals surface area contributed by atoms with Crippen molar-refractivity contribution in [2.24, 2.45) is 0 Å². The Balaban J connectivity index is 1.11. The van der Waals surface area contributed by atoms with Crippen molar-refractivity contribution >= 4 is 94.1 Å². The van der Waals surface area contributed by atoms with E-state index in [1.807, 2.05) is 11.3 Å². The monoisotopic (exact) mass is 1040 g/mol. The van der Waals surface area contributed by atoms with Gasteiger partial charge in [0.1, 0.15) is 0 Å². The minimum atomic E-state index is -0.151. The van der Waals surface area contributed by atoms with Gasteiger partial charge < -0.3 is 14.4 Å². The number of aromatic nitrogens is 1. The second-order valence-corrected chi connectivity index (χ2v) is 30.5. The third-order valence-corrected chi connectivity index (χ3v) is 23.1. The number of anilines is 5. The zero-order chi connectivity index (χ0) is 54.2. The average molecular weight is 1040 g/mol. The zero-order valence-electron chi connectivity index (χ0n) is 49.0. The van der Waals surface area contributed by atoms with Crippen molar-refractivity contribution in [1.82, 2.24) is 4.57 Å². The number of fused-ring (bicyclic) bond motifs is 14. The lowest BCUT2D eigenvalue weighted by atomic mass is 9.33. The Kier molecular flexibility index (Phi) is 9.84. The lowest BCUT2D eigenvalue weighted by Gasteiger charge is -2.52. The quantitative estimate of drug-likeness (QED) is 0.163. The Morgan fingerprint density at radius 3 is 1.78 bits per heavy atom. The lowest BCUT2D eigenvalue weighted by molar-refractivity contribution is 0.195. The fraction of sp³-hybridized carbons (Fsp3) is 0.397. The van der Waals surface area contributed by atoms with E-state index >= 15 is 0 Å². The van der Waals surface area contributed by atoms with Gasteiger partial charge in [-0.05, 0) is 201 Å². The first kappa shape index (κ1) is 49.0. The van der Waals surface area contributed by atoms with Gasteiger partial charge in [0.25, 0.3) is 6.71 Å². The standard InChI is InChI=1S/C73H78BN3S/c1-43-21-15-16-22-49(43)44-35-56-65-57(36-44)74-58-38-45(67(2,3)4)37-51-63(58)76(64-50-23-17-18-24-61(50)78-66(51)64)59-41-48(42-60(62(59)74)77(65)73(14)30-20-19-29-72(56,73)13)75(46-25-27-52-54(39-46)70(9,10)33-31-68(52,5)6)47-26-28-53-55(40-47)71(11,12)34-32-69(53,7)8/h15-18,21-28,35-42H,19-20,29-34H2,1-14H3. The van der Waals surface area contributed by atoms with E-state index in [0.29, 0.717) is 0 Å². The molecule has 0 N–H and O–H groups in total. The van der Waals surface area contributed by atoms with Crippen LogP contribution in [0.15, 0.2) is 121 Å². The smallest absolute Gasteiger partial charge is 0.252 e. The average Bonchev–Trinajstić information content (AvgIpc) is 3.16. The lowest BCUT2D eigenvalue weighted by Crippen LogP contribution is -2.64. The predicted octanol–water partition coefficient (Wildman–Crippen LogP) is 18.3. The van der Waals surface area contributed by atoms with Crippen LogP contribution in [0.25, 0.3) is 48.0 Å². The highest BCUT2D eigenvalue weighted by molar-refractivity contribution is 7.26. The fourth-order valence-corrected chi connectivity index (χ4v) is 18.0. The summed E-state index contributed by atoms with van der Waals surface area (Å²) in [5, 5.41) is 2.74. The van der Waals surface area contributed by atoms with Gasteiger partial charge in [0, 0.05) is 49.3 Å². The molecule has 5 heteroatoms. The van der Waals surface area contributed by atoms with Gasteiger partial charge in [-0.2, -0.15) is 0 Å². The minimum absolute atomic E-state index is 0.0324. The first-order valence-corrected chi connectivity index (χ1v) is 30.6. The van der Waals surface area contributed by atoms with Gasteiger partial charge in [-0.25, -0.2) is 0 Å². The van der Waals surface area contributed by atoms with Crippen molar-refractivity contribution in [3.05, 3.63) is 160 Å². The number of nitrogens with zero attached hydrogens (tertiary/aromatic N) is 3. The molecule has 2 aromatic heterocycles. The molecule has 5 heterocycles. The van der Waals surface area contributed by atoms with Crippen molar-refractivity contribution < 1.29 is 0 Å². The van der Waals surface area contributed by atoms with E-state index in [4.69, 9.17) is 0 Å². The maximum absolute atomic E-state index is 2.97. The van der Waals surface area contributed by atoms with Crippen LogP contribution in [-0.4, -0.2) is 16.8 Å². The van der Waals surface area contributed by atoms with E-state index < -0.39 is 0 Å². The Hall–Kier alpha value is -6.04. The molecule has 0 bridgehead atoms. The summed E-state index contributed by atoms with van der Waals surface area (Å²) in [6.45, 7) is 34.8. The number of aryl methyl sites for hydroxylation is 1. The van der Waals surface area contributed by atoms with Gasteiger partial charge in [-0.1, -0.05) is 163 Å². The van der Waals surface area contributed by atoms with Crippen LogP contribution in [-0.2, 0) is 32.5 Å². The number of rotatable bonds is 4. The third-order valence-electron chi connectivity index (χ3n) is 21.9. The Labute approximate surface area is 469 Å². The van der Waals surface area contributed by atoms with E-state index in [1.165, 1.54) is 171 Å². The normalized spacial score (nSPS) is 22.5. The van der Waals surface area contributed by atoms with Crippen LogP contribution in [0, 0.1) is 6.92 Å². The predicted molar refractivity (Wildman–Crippen MR) is 338 cm³/mol. The van der Waals surface area contributed by atoms with Crippen LogP contribution >= 0.6 is 11.3 Å². The summed E-state index contributed by atoms with van der Waals surface area (Å²) in [7, 11) is 0. The zero-order valence-corrected chi connectivity index (χ0v) is 49.8. The second kappa shape index (κ2) is 15.7. The first-order chi connectivity index (χ1) is 36.9. The molecule has 0 radical (unpaired) electrons.